The van der Waals surface area contributed by atoms with Crippen molar-refractivity contribution in [1.82, 2.24) is 5.48 Å². The first-order chi connectivity index (χ1) is 7.99. The first-order valence-corrected chi connectivity index (χ1v) is 4.99. The zero-order chi connectivity index (χ0) is 12.8. The Morgan fingerprint density at radius 2 is 1.82 bits per heavy atom. The van der Waals surface area contributed by atoms with Crippen LogP contribution in [0, 0.1) is 6.92 Å². The third kappa shape index (κ3) is 4.38. The SMILES string of the molecule is C=C(C)C(=O)ONC(=O)Nc1ccc(C)cc1. The van der Waals surface area contributed by atoms with Crippen molar-refractivity contribution in [3.05, 3.63) is 42.0 Å². The van der Waals surface area contributed by atoms with Gasteiger partial charge in [-0.1, -0.05) is 24.3 Å². The van der Waals surface area contributed by atoms with Crippen LogP contribution in [0.2, 0.25) is 0 Å². The highest BCUT2D eigenvalue weighted by Gasteiger charge is 2.06. The fourth-order valence-electron chi connectivity index (χ4n) is 0.973. The van der Waals surface area contributed by atoms with Crippen molar-refractivity contribution >= 4 is 17.7 Å². The van der Waals surface area contributed by atoms with Crippen molar-refractivity contribution in [3.8, 4) is 0 Å². The van der Waals surface area contributed by atoms with Crippen LogP contribution in [0.4, 0.5) is 10.5 Å². The quantitative estimate of drug-likeness (QED) is 0.608. The second-order valence-corrected chi connectivity index (χ2v) is 3.59. The summed E-state index contributed by atoms with van der Waals surface area (Å²) in [6.45, 7) is 6.81. The molecule has 0 radical (unpaired) electrons. The van der Waals surface area contributed by atoms with Crippen LogP contribution in [0.1, 0.15) is 12.5 Å². The van der Waals surface area contributed by atoms with E-state index >= 15 is 0 Å². The Bertz CT molecular complexity index is 438. The van der Waals surface area contributed by atoms with Crippen LogP contribution in [-0.4, -0.2) is 12.0 Å². The lowest BCUT2D eigenvalue weighted by molar-refractivity contribution is -0.143. The van der Waals surface area contributed by atoms with Gasteiger partial charge in [0.1, 0.15) is 0 Å². The summed E-state index contributed by atoms with van der Waals surface area (Å²) in [5, 5.41) is 2.51. The molecule has 2 amide bonds. The van der Waals surface area contributed by atoms with Gasteiger partial charge in [0, 0.05) is 11.3 Å². The third-order valence-corrected chi connectivity index (χ3v) is 1.89. The molecular formula is C12H14N2O3. The van der Waals surface area contributed by atoms with Crippen molar-refractivity contribution in [3.63, 3.8) is 0 Å². The lowest BCUT2D eigenvalue weighted by atomic mass is 10.2. The number of anilines is 1. The highest BCUT2D eigenvalue weighted by molar-refractivity contribution is 5.91. The molecule has 1 aromatic rings. The number of hydroxylamine groups is 1. The molecule has 1 aromatic carbocycles. The van der Waals surface area contributed by atoms with Crippen LogP contribution in [0.25, 0.3) is 0 Å². The lowest BCUT2D eigenvalue weighted by Gasteiger charge is -2.07. The normalized spacial score (nSPS) is 9.29. The van der Waals surface area contributed by atoms with E-state index in [1.807, 2.05) is 24.5 Å². The number of benzene rings is 1. The van der Waals surface area contributed by atoms with E-state index in [1.54, 1.807) is 12.1 Å². The van der Waals surface area contributed by atoms with Crippen LogP contribution < -0.4 is 10.8 Å². The highest BCUT2D eigenvalue weighted by Crippen LogP contribution is 2.07. The first kappa shape index (κ1) is 12.8. The van der Waals surface area contributed by atoms with Crippen LogP contribution in [-0.2, 0) is 9.63 Å². The minimum absolute atomic E-state index is 0.209. The number of hydrogen-bond acceptors (Lipinski definition) is 3. The van der Waals surface area contributed by atoms with Gasteiger partial charge in [-0.3, -0.25) is 0 Å². The Hall–Kier alpha value is -2.30. The molecule has 0 atom stereocenters. The standard InChI is InChI=1S/C12H14N2O3/c1-8(2)11(15)17-14-12(16)13-10-6-4-9(3)5-7-10/h4-7H,1H2,2-3H3,(H2,13,14,16). The monoisotopic (exact) mass is 234 g/mol. The van der Waals surface area contributed by atoms with Gasteiger partial charge in [-0.05, 0) is 26.0 Å². The second kappa shape index (κ2) is 5.69. The number of carbonyl (C=O) groups is 2. The average Bonchev–Trinajstić information content (AvgIpc) is 2.29. The molecule has 0 aliphatic carbocycles. The predicted octanol–water partition coefficient (Wildman–Crippen LogP) is 2.15. The molecule has 0 spiro atoms. The summed E-state index contributed by atoms with van der Waals surface area (Å²) in [5.74, 6) is -0.677. The maximum atomic E-state index is 11.3. The molecule has 5 heteroatoms. The second-order valence-electron chi connectivity index (χ2n) is 3.59. The zero-order valence-corrected chi connectivity index (χ0v) is 9.74. The van der Waals surface area contributed by atoms with Crippen molar-refractivity contribution in [2.24, 2.45) is 0 Å². The van der Waals surface area contributed by atoms with Crippen molar-refractivity contribution in [2.75, 3.05) is 5.32 Å². The average molecular weight is 234 g/mol. The summed E-state index contributed by atoms with van der Waals surface area (Å²) in [4.78, 5) is 26.7. The van der Waals surface area contributed by atoms with Gasteiger partial charge in [-0.15, -0.1) is 0 Å². The summed E-state index contributed by atoms with van der Waals surface area (Å²) < 4.78 is 0. The topological polar surface area (TPSA) is 67.4 Å². The van der Waals surface area contributed by atoms with Crippen molar-refractivity contribution in [2.45, 2.75) is 13.8 Å². The van der Waals surface area contributed by atoms with E-state index in [-0.39, 0.29) is 5.57 Å². The number of hydrogen-bond donors (Lipinski definition) is 2. The summed E-state index contributed by atoms with van der Waals surface area (Å²) >= 11 is 0. The van der Waals surface area contributed by atoms with Crippen LogP contribution >= 0.6 is 0 Å². The fraction of sp³-hybridized carbons (Fsp3) is 0.167. The number of rotatable bonds is 2. The molecule has 0 heterocycles. The van der Waals surface area contributed by atoms with E-state index in [0.717, 1.165) is 5.56 Å². The van der Waals surface area contributed by atoms with Gasteiger partial charge in [0.2, 0.25) is 0 Å². The summed E-state index contributed by atoms with van der Waals surface area (Å²) in [7, 11) is 0. The van der Waals surface area contributed by atoms with E-state index in [4.69, 9.17) is 0 Å². The molecule has 0 aliphatic rings. The molecule has 1 rings (SSSR count). The summed E-state index contributed by atoms with van der Waals surface area (Å²) in [5.41, 5.74) is 3.87. The maximum Gasteiger partial charge on any atom is 0.358 e. The zero-order valence-electron chi connectivity index (χ0n) is 9.74. The van der Waals surface area contributed by atoms with E-state index in [0.29, 0.717) is 5.69 Å². The first-order valence-electron chi connectivity index (χ1n) is 4.99. The Morgan fingerprint density at radius 1 is 1.24 bits per heavy atom. The van der Waals surface area contributed by atoms with Gasteiger partial charge < -0.3 is 10.2 Å². The van der Waals surface area contributed by atoms with Gasteiger partial charge in [-0.25, -0.2) is 9.59 Å². The van der Waals surface area contributed by atoms with Crippen molar-refractivity contribution in [1.29, 1.82) is 0 Å². The maximum absolute atomic E-state index is 11.3. The molecular weight excluding hydrogens is 220 g/mol. The molecule has 0 bridgehead atoms. The number of amides is 2. The smallest absolute Gasteiger partial charge is 0.334 e. The molecule has 0 fully saturated rings. The van der Waals surface area contributed by atoms with Crippen LogP contribution in [0.15, 0.2) is 36.4 Å². The number of nitrogens with one attached hydrogen (secondary N) is 2. The fourth-order valence-corrected chi connectivity index (χ4v) is 0.973. The minimum Gasteiger partial charge on any atom is -0.334 e. The number of carbonyl (C=O) groups excluding carboxylic acids is 2. The van der Waals surface area contributed by atoms with E-state index in [2.05, 4.69) is 16.7 Å². The Labute approximate surface area is 99.4 Å². The van der Waals surface area contributed by atoms with Gasteiger partial charge in [-0.2, -0.15) is 5.48 Å². The van der Waals surface area contributed by atoms with E-state index in [1.165, 1.54) is 6.92 Å². The number of aryl methyl sites for hydroxylation is 1. The van der Waals surface area contributed by atoms with E-state index < -0.39 is 12.0 Å². The number of urea groups is 1. The van der Waals surface area contributed by atoms with E-state index in [9.17, 15) is 9.59 Å². The van der Waals surface area contributed by atoms with Crippen molar-refractivity contribution < 1.29 is 14.4 Å². The Morgan fingerprint density at radius 3 is 2.35 bits per heavy atom. The molecule has 0 saturated carbocycles. The van der Waals surface area contributed by atoms with Gasteiger partial charge >= 0.3 is 12.0 Å². The molecule has 17 heavy (non-hydrogen) atoms. The molecule has 5 nitrogen and oxygen atoms in total. The van der Waals surface area contributed by atoms with Crippen LogP contribution in [0.3, 0.4) is 0 Å². The predicted molar refractivity (Wildman–Crippen MR) is 64.2 cm³/mol. The largest absolute Gasteiger partial charge is 0.358 e. The van der Waals surface area contributed by atoms with Gasteiger partial charge in [0.05, 0.1) is 0 Å². The molecule has 2 N–H and O–H groups in total. The lowest BCUT2D eigenvalue weighted by Crippen LogP contribution is -2.31. The minimum atomic E-state index is -0.677. The molecule has 0 aliphatic heterocycles. The molecule has 0 unspecified atom stereocenters. The van der Waals surface area contributed by atoms with Gasteiger partial charge in [0.15, 0.2) is 0 Å². The molecule has 0 saturated heterocycles. The Kier molecular flexibility index (Phi) is 4.28. The summed E-state index contributed by atoms with van der Waals surface area (Å²) in [6.07, 6.45) is 0. The third-order valence-electron chi connectivity index (χ3n) is 1.89. The highest BCUT2D eigenvalue weighted by atomic mass is 16.7. The Balaban J connectivity index is 2.42. The molecule has 0 aromatic heterocycles. The summed E-state index contributed by atoms with van der Waals surface area (Å²) in [6, 6.07) is 6.58. The van der Waals surface area contributed by atoms with Gasteiger partial charge in [0.25, 0.3) is 0 Å². The van der Waals surface area contributed by atoms with Crippen LogP contribution in [0.5, 0.6) is 0 Å². The molecule has 90 valence electrons.